The predicted octanol–water partition coefficient (Wildman–Crippen LogP) is 3.27. The van der Waals surface area contributed by atoms with Crippen LogP contribution in [0.3, 0.4) is 0 Å². The zero-order valence-corrected chi connectivity index (χ0v) is 11.2. The van der Waals surface area contributed by atoms with Gasteiger partial charge in [0.15, 0.2) is 0 Å². The number of aromatic amines is 1. The zero-order valence-electron chi connectivity index (χ0n) is 10.4. The fourth-order valence-electron chi connectivity index (χ4n) is 2.08. The standard InChI is InChI=1S/C14H14N2OS/c1-14(2)8-16-13(18-14)12(17)10-7-15-11-6-4-3-5-9(10)11/h3-7,15H,8H2,1-2H3. The third-order valence-electron chi connectivity index (χ3n) is 3.00. The Labute approximate surface area is 110 Å². The summed E-state index contributed by atoms with van der Waals surface area (Å²) in [4.78, 5) is 19.9. The summed E-state index contributed by atoms with van der Waals surface area (Å²) in [5, 5.41) is 1.60. The Morgan fingerprint density at radius 3 is 2.89 bits per heavy atom. The predicted molar refractivity (Wildman–Crippen MR) is 76.6 cm³/mol. The van der Waals surface area contributed by atoms with E-state index in [0.29, 0.717) is 11.6 Å². The van der Waals surface area contributed by atoms with E-state index in [1.54, 1.807) is 18.0 Å². The molecule has 0 atom stereocenters. The number of aliphatic imine (C=N–C) groups is 1. The molecule has 0 aliphatic carbocycles. The Balaban J connectivity index is 1.99. The van der Waals surface area contributed by atoms with Crippen molar-refractivity contribution in [3.8, 4) is 0 Å². The van der Waals surface area contributed by atoms with Crippen molar-refractivity contribution in [3.63, 3.8) is 0 Å². The van der Waals surface area contributed by atoms with Crippen LogP contribution in [0.5, 0.6) is 0 Å². The van der Waals surface area contributed by atoms with E-state index in [1.165, 1.54) is 0 Å². The topological polar surface area (TPSA) is 45.2 Å². The monoisotopic (exact) mass is 258 g/mol. The summed E-state index contributed by atoms with van der Waals surface area (Å²) in [7, 11) is 0. The summed E-state index contributed by atoms with van der Waals surface area (Å²) >= 11 is 1.57. The van der Waals surface area contributed by atoms with E-state index < -0.39 is 0 Å². The lowest BCUT2D eigenvalue weighted by molar-refractivity contribution is 0.107. The molecule has 3 rings (SSSR count). The van der Waals surface area contributed by atoms with E-state index in [1.807, 2.05) is 24.3 Å². The number of nitrogens with zero attached hydrogens (tertiary/aromatic N) is 1. The first-order valence-corrected chi connectivity index (χ1v) is 6.73. The van der Waals surface area contributed by atoms with Crippen molar-refractivity contribution in [1.29, 1.82) is 0 Å². The Hall–Kier alpha value is -1.55. The smallest absolute Gasteiger partial charge is 0.219 e. The number of carbonyl (C=O) groups is 1. The highest BCUT2D eigenvalue weighted by atomic mass is 32.2. The molecule has 0 fully saturated rings. The second-order valence-electron chi connectivity index (χ2n) is 5.06. The van der Waals surface area contributed by atoms with Gasteiger partial charge in [0.2, 0.25) is 5.78 Å². The molecule has 2 heterocycles. The van der Waals surface area contributed by atoms with Gasteiger partial charge in [-0.25, -0.2) is 0 Å². The van der Waals surface area contributed by atoms with Gasteiger partial charge in [-0.15, -0.1) is 0 Å². The summed E-state index contributed by atoms with van der Waals surface area (Å²) in [5.41, 5.74) is 1.71. The van der Waals surface area contributed by atoms with E-state index in [0.717, 1.165) is 16.5 Å². The number of aromatic nitrogens is 1. The highest BCUT2D eigenvalue weighted by Gasteiger charge is 2.31. The molecule has 1 aliphatic rings. The van der Waals surface area contributed by atoms with Crippen LogP contribution in [0.15, 0.2) is 35.5 Å². The number of thioether (sulfide) groups is 1. The molecule has 0 unspecified atom stereocenters. The van der Waals surface area contributed by atoms with Crippen molar-refractivity contribution in [2.75, 3.05) is 6.54 Å². The fourth-order valence-corrected chi connectivity index (χ4v) is 3.07. The van der Waals surface area contributed by atoms with Gasteiger partial charge in [0.05, 0.1) is 12.1 Å². The Morgan fingerprint density at radius 1 is 1.39 bits per heavy atom. The van der Waals surface area contributed by atoms with Gasteiger partial charge in [0, 0.05) is 21.8 Å². The molecule has 1 aliphatic heterocycles. The average Bonchev–Trinajstić information content (AvgIpc) is 2.91. The van der Waals surface area contributed by atoms with Crippen molar-refractivity contribution in [2.24, 2.45) is 4.99 Å². The van der Waals surface area contributed by atoms with Gasteiger partial charge in [-0.3, -0.25) is 9.79 Å². The molecule has 0 spiro atoms. The van der Waals surface area contributed by atoms with Gasteiger partial charge in [-0.1, -0.05) is 30.0 Å². The van der Waals surface area contributed by atoms with E-state index in [4.69, 9.17) is 0 Å². The molecule has 3 nitrogen and oxygen atoms in total. The van der Waals surface area contributed by atoms with Crippen LogP contribution in [0.4, 0.5) is 0 Å². The van der Waals surface area contributed by atoms with E-state index in [9.17, 15) is 4.79 Å². The van der Waals surface area contributed by atoms with E-state index >= 15 is 0 Å². The number of hydrogen-bond donors (Lipinski definition) is 1. The van der Waals surface area contributed by atoms with Crippen molar-refractivity contribution in [2.45, 2.75) is 18.6 Å². The highest BCUT2D eigenvalue weighted by molar-refractivity contribution is 8.17. The number of carbonyl (C=O) groups excluding carboxylic acids is 1. The Kier molecular flexibility index (Phi) is 2.55. The number of ketones is 1. The number of fused-ring (bicyclic) bond motifs is 1. The number of rotatable bonds is 2. The van der Waals surface area contributed by atoms with Crippen LogP contribution < -0.4 is 0 Å². The first-order valence-electron chi connectivity index (χ1n) is 5.91. The number of benzene rings is 1. The number of Topliss-reactive ketones (excluding diaryl/α,β-unsaturated/α-hetero) is 1. The van der Waals surface area contributed by atoms with Crippen molar-refractivity contribution in [1.82, 2.24) is 4.98 Å². The third-order valence-corrected chi connectivity index (χ3v) is 4.19. The van der Waals surface area contributed by atoms with E-state index in [2.05, 4.69) is 23.8 Å². The number of H-pyrrole nitrogens is 1. The Morgan fingerprint density at radius 2 is 2.17 bits per heavy atom. The van der Waals surface area contributed by atoms with Crippen LogP contribution in [0.2, 0.25) is 0 Å². The first-order chi connectivity index (χ1) is 8.57. The van der Waals surface area contributed by atoms with Crippen LogP contribution in [0.25, 0.3) is 10.9 Å². The van der Waals surface area contributed by atoms with Gasteiger partial charge in [-0.2, -0.15) is 0 Å². The molecule has 0 saturated carbocycles. The second-order valence-corrected chi connectivity index (χ2v) is 6.76. The Bertz CT molecular complexity index is 655. The summed E-state index contributed by atoms with van der Waals surface area (Å²) in [5.74, 6) is 0.0306. The number of nitrogens with one attached hydrogen (secondary N) is 1. The summed E-state index contributed by atoms with van der Waals surface area (Å²) in [6.45, 7) is 4.93. The van der Waals surface area contributed by atoms with Crippen LogP contribution in [0.1, 0.15) is 24.2 Å². The molecule has 0 saturated heterocycles. The molecule has 4 heteroatoms. The first kappa shape index (κ1) is 11.5. The van der Waals surface area contributed by atoms with Crippen molar-refractivity contribution in [3.05, 3.63) is 36.0 Å². The molecule has 2 aromatic rings. The average molecular weight is 258 g/mol. The summed E-state index contributed by atoms with van der Waals surface area (Å²) in [6.07, 6.45) is 1.78. The summed E-state index contributed by atoms with van der Waals surface area (Å²) < 4.78 is 0.0388. The molecule has 1 aromatic heterocycles. The maximum absolute atomic E-state index is 12.4. The van der Waals surface area contributed by atoms with Gasteiger partial charge in [0.25, 0.3) is 0 Å². The SMILES string of the molecule is CC1(C)CN=C(C(=O)c2c[nH]c3ccccc23)S1. The summed E-state index contributed by atoms with van der Waals surface area (Å²) in [6, 6.07) is 7.84. The maximum Gasteiger partial charge on any atom is 0.219 e. The van der Waals surface area contributed by atoms with Gasteiger partial charge in [-0.05, 0) is 19.9 Å². The minimum atomic E-state index is 0.0306. The molecule has 0 radical (unpaired) electrons. The van der Waals surface area contributed by atoms with Gasteiger partial charge in [0.1, 0.15) is 5.04 Å². The molecule has 1 N–H and O–H groups in total. The molecule has 18 heavy (non-hydrogen) atoms. The van der Waals surface area contributed by atoms with E-state index in [-0.39, 0.29) is 10.5 Å². The largest absolute Gasteiger partial charge is 0.360 e. The quantitative estimate of drug-likeness (QED) is 0.840. The molecule has 92 valence electrons. The number of para-hydroxylation sites is 1. The minimum absolute atomic E-state index is 0.0306. The second kappa shape index (κ2) is 3.99. The number of hydrogen-bond acceptors (Lipinski definition) is 3. The fraction of sp³-hybridized carbons (Fsp3) is 0.286. The molecule has 0 bridgehead atoms. The van der Waals surface area contributed by atoms with Crippen LogP contribution in [0, 0.1) is 0 Å². The third kappa shape index (κ3) is 1.86. The van der Waals surface area contributed by atoms with Crippen LogP contribution in [-0.2, 0) is 0 Å². The lowest BCUT2D eigenvalue weighted by Gasteiger charge is -2.13. The highest BCUT2D eigenvalue weighted by Crippen LogP contribution is 2.34. The van der Waals surface area contributed by atoms with Crippen molar-refractivity contribution >= 4 is 33.5 Å². The molecular weight excluding hydrogens is 244 g/mol. The van der Waals surface area contributed by atoms with Gasteiger partial charge < -0.3 is 4.98 Å². The normalized spacial score (nSPS) is 18.0. The lowest BCUT2D eigenvalue weighted by Crippen LogP contribution is -2.16. The minimum Gasteiger partial charge on any atom is -0.360 e. The maximum atomic E-state index is 12.4. The molecule has 0 amide bonds. The lowest BCUT2D eigenvalue weighted by atomic mass is 10.1. The van der Waals surface area contributed by atoms with Crippen LogP contribution >= 0.6 is 11.8 Å². The molecule has 1 aromatic carbocycles. The zero-order chi connectivity index (χ0) is 12.8. The van der Waals surface area contributed by atoms with Crippen molar-refractivity contribution < 1.29 is 4.79 Å². The van der Waals surface area contributed by atoms with Crippen LogP contribution in [-0.4, -0.2) is 27.1 Å². The molecular formula is C14H14N2OS. The van der Waals surface area contributed by atoms with Gasteiger partial charge >= 0.3 is 0 Å².